The van der Waals surface area contributed by atoms with Gasteiger partial charge in [0.25, 0.3) is 0 Å². The monoisotopic (exact) mass is 409 g/mol. The molecule has 7 nitrogen and oxygen atoms in total. The maximum atomic E-state index is 13.2. The van der Waals surface area contributed by atoms with Gasteiger partial charge in [0.2, 0.25) is 10.0 Å². The molecule has 1 atom stereocenters. The summed E-state index contributed by atoms with van der Waals surface area (Å²) in [7, 11) is 2.02. The molecule has 1 aliphatic heterocycles. The summed E-state index contributed by atoms with van der Waals surface area (Å²) in [5.74, 6) is 1.31. The van der Waals surface area contributed by atoms with Gasteiger partial charge in [-0.05, 0) is 44.2 Å². The van der Waals surface area contributed by atoms with Crippen LogP contribution in [0.5, 0.6) is 0 Å². The van der Waals surface area contributed by atoms with Gasteiger partial charge in [0, 0.05) is 38.3 Å². The number of anilines is 1. The van der Waals surface area contributed by atoms with Crippen LogP contribution in [0.1, 0.15) is 30.4 Å². The molecule has 0 radical (unpaired) electrons. The summed E-state index contributed by atoms with van der Waals surface area (Å²) in [5, 5.41) is 3.59. The molecule has 1 aromatic carbocycles. The zero-order chi connectivity index (χ0) is 19.6. The zero-order valence-electron chi connectivity index (χ0n) is 15.7. The molecular formula is C18H24ClN5O2S. The molecule has 2 heterocycles. The molecule has 1 saturated heterocycles. The number of nitrogens with zero attached hydrogens (tertiary/aromatic N) is 4. The topological polar surface area (TPSA) is 78.4 Å². The fourth-order valence-electron chi connectivity index (χ4n) is 3.18. The van der Waals surface area contributed by atoms with E-state index in [0.717, 1.165) is 17.9 Å². The van der Waals surface area contributed by atoms with Gasteiger partial charge in [0.1, 0.15) is 11.6 Å². The molecule has 1 fully saturated rings. The first-order valence-electron chi connectivity index (χ1n) is 8.80. The first-order valence-corrected chi connectivity index (χ1v) is 10.6. The largest absolute Gasteiger partial charge is 0.363 e. The van der Waals surface area contributed by atoms with Crippen LogP contribution in [0.15, 0.2) is 35.2 Å². The van der Waals surface area contributed by atoms with E-state index in [1.165, 1.54) is 16.4 Å². The Balaban J connectivity index is 2.00. The second-order valence-electron chi connectivity index (χ2n) is 6.73. The number of nitrogens with one attached hydrogen (secondary N) is 1. The lowest BCUT2D eigenvalue weighted by Gasteiger charge is -2.24. The van der Waals surface area contributed by atoms with Gasteiger partial charge < -0.3 is 10.2 Å². The average molecular weight is 410 g/mol. The van der Waals surface area contributed by atoms with E-state index in [2.05, 4.69) is 15.3 Å². The van der Waals surface area contributed by atoms with Gasteiger partial charge in [-0.2, -0.15) is 4.31 Å². The molecule has 1 unspecified atom stereocenters. The lowest BCUT2D eigenvalue weighted by molar-refractivity contribution is 0.382. The lowest BCUT2D eigenvalue weighted by Crippen LogP contribution is -2.32. The summed E-state index contributed by atoms with van der Waals surface area (Å²) in [5.41, 5.74) is 0.835. The summed E-state index contributed by atoms with van der Waals surface area (Å²) in [4.78, 5) is 11.4. The summed E-state index contributed by atoms with van der Waals surface area (Å²) in [6.45, 7) is 1.04. The number of sulfonamides is 1. The zero-order valence-corrected chi connectivity index (χ0v) is 17.3. The normalized spacial score (nSPS) is 18.0. The highest BCUT2D eigenvalue weighted by molar-refractivity contribution is 7.89. The highest BCUT2D eigenvalue weighted by Crippen LogP contribution is 2.36. The Morgan fingerprint density at radius 2 is 1.96 bits per heavy atom. The van der Waals surface area contributed by atoms with Crippen molar-refractivity contribution < 1.29 is 8.42 Å². The maximum Gasteiger partial charge on any atom is 0.243 e. The first-order chi connectivity index (χ1) is 12.8. The minimum absolute atomic E-state index is 0.234. The van der Waals surface area contributed by atoms with Crippen molar-refractivity contribution >= 4 is 27.4 Å². The van der Waals surface area contributed by atoms with Crippen LogP contribution in [0.4, 0.5) is 5.82 Å². The quantitative estimate of drug-likeness (QED) is 0.789. The summed E-state index contributed by atoms with van der Waals surface area (Å²) in [6.07, 6.45) is 1.47. The van der Waals surface area contributed by atoms with Crippen molar-refractivity contribution in [1.82, 2.24) is 19.6 Å². The molecule has 2 aromatic rings. The van der Waals surface area contributed by atoms with Crippen LogP contribution in [0.3, 0.4) is 0 Å². The van der Waals surface area contributed by atoms with Crippen molar-refractivity contribution in [3.8, 4) is 0 Å². The van der Waals surface area contributed by atoms with Crippen molar-refractivity contribution in [2.45, 2.75) is 30.3 Å². The number of rotatable bonds is 6. The smallest absolute Gasteiger partial charge is 0.243 e. The van der Waals surface area contributed by atoms with E-state index >= 15 is 0 Å². The molecule has 1 aromatic heterocycles. The Hall–Kier alpha value is -1.74. The minimum atomic E-state index is -3.65. The van der Waals surface area contributed by atoms with Gasteiger partial charge in [-0.3, -0.25) is 0 Å². The Bertz CT molecular complexity index is 902. The van der Waals surface area contributed by atoms with Gasteiger partial charge >= 0.3 is 0 Å². The van der Waals surface area contributed by atoms with Crippen molar-refractivity contribution in [3.05, 3.63) is 46.9 Å². The third-order valence-corrected chi connectivity index (χ3v) is 6.70. The van der Waals surface area contributed by atoms with Crippen molar-refractivity contribution in [2.75, 3.05) is 32.6 Å². The number of hydrogen-bond donors (Lipinski definition) is 1. The molecular weight excluding hydrogens is 386 g/mol. The van der Waals surface area contributed by atoms with E-state index in [0.29, 0.717) is 30.4 Å². The van der Waals surface area contributed by atoms with E-state index in [-0.39, 0.29) is 10.9 Å². The van der Waals surface area contributed by atoms with Crippen LogP contribution in [0, 0.1) is 0 Å². The molecule has 0 bridgehead atoms. The molecule has 27 heavy (non-hydrogen) atoms. The second kappa shape index (κ2) is 8.10. The molecule has 3 rings (SSSR count). The van der Waals surface area contributed by atoms with E-state index in [1.54, 1.807) is 12.1 Å². The molecule has 0 saturated carbocycles. The first kappa shape index (κ1) is 20.0. The van der Waals surface area contributed by atoms with Crippen LogP contribution >= 0.6 is 11.6 Å². The average Bonchev–Trinajstić information content (AvgIpc) is 3.13. The van der Waals surface area contributed by atoms with E-state index < -0.39 is 10.0 Å². The molecule has 9 heteroatoms. The molecule has 1 aliphatic rings. The Morgan fingerprint density at radius 1 is 1.26 bits per heavy atom. The van der Waals surface area contributed by atoms with Crippen LogP contribution in [0.2, 0.25) is 5.02 Å². The van der Waals surface area contributed by atoms with Gasteiger partial charge in [0.05, 0.1) is 16.6 Å². The number of hydrogen-bond acceptors (Lipinski definition) is 6. The maximum absolute atomic E-state index is 13.2. The van der Waals surface area contributed by atoms with Gasteiger partial charge in [-0.25, -0.2) is 18.4 Å². The van der Waals surface area contributed by atoms with Gasteiger partial charge in [-0.15, -0.1) is 0 Å². The van der Waals surface area contributed by atoms with E-state index in [4.69, 9.17) is 11.6 Å². The predicted molar refractivity (Wildman–Crippen MR) is 106 cm³/mol. The molecule has 1 N–H and O–H groups in total. The van der Waals surface area contributed by atoms with Crippen LogP contribution in [-0.4, -0.2) is 50.4 Å². The molecule has 146 valence electrons. The molecule has 0 aliphatic carbocycles. The third kappa shape index (κ3) is 4.24. The van der Waals surface area contributed by atoms with Gasteiger partial charge in [0.15, 0.2) is 0 Å². The number of aromatic nitrogens is 2. The standard InChI is InChI=1S/C18H24ClN5O2S/c1-20-12-14-11-17(23(2)3)22-18(21-14)16-5-4-10-24(16)27(25,26)15-8-6-13(19)7-9-15/h6-9,11,16,20H,4-5,10,12H2,1-3H3. The van der Waals surface area contributed by atoms with E-state index in [9.17, 15) is 8.42 Å². The minimum Gasteiger partial charge on any atom is -0.363 e. The van der Waals surface area contributed by atoms with Crippen LogP contribution in [-0.2, 0) is 16.6 Å². The second-order valence-corrected chi connectivity index (χ2v) is 9.06. The highest BCUT2D eigenvalue weighted by atomic mass is 35.5. The summed E-state index contributed by atoms with van der Waals surface area (Å²) in [6, 6.07) is 7.79. The Labute approximate surface area is 165 Å². The van der Waals surface area contributed by atoms with Crippen LogP contribution in [0.25, 0.3) is 0 Å². The molecule has 0 amide bonds. The Morgan fingerprint density at radius 3 is 2.59 bits per heavy atom. The Kier molecular flexibility index (Phi) is 6.00. The van der Waals surface area contributed by atoms with Crippen molar-refractivity contribution in [3.63, 3.8) is 0 Å². The van der Waals surface area contributed by atoms with Crippen molar-refractivity contribution in [2.24, 2.45) is 0 Å². The summed E-state index contributed by atoms with van der Waals surface area (Å²) < 4.78 is 27.8. The number of halogens is 1. The fraction of sp³-hybridized carbons (Fsp3) is 0.444. The van der Waals surface area contributed by atoms with Crippen LogP contribution < -0.4 is 10.2 Å². The van der Waals surface area contributed by atoms with Crippen molar-refractivity contribution in [1.29, 1.82) is 0 Å². The van der Waals surface area contributed by atoms with Gasteiger partial charge in [-0.1, -0.05) is 11.6 Å². The van der Waals surface area contributed by atoms with E-state index in [1.807, 2.05) is 32.1 Å². The third-order valence-electron chi connectivity index (χ3n) is 4.52. The lowest BCUT2D eigenvalue weighted by atomic mass is 10.2. The molecule has 0 spiro atoms. The summed E-state index contributed by atoms with van der Waals surface area (Å²) >= 11 is 5.90. The SMILES string of the molecule is CNCc1cc(N(C)C)nc(C2CCCN2S(=O)(=O)c2ccc(Cl)cc2)n1. The fourth-order valence-corrected chi connectivity index (χ4v) is 4.96. The predicted octanol–water partition coefficient (Wildman–Crippen LogP) is 2.44. The number of benzene rings is 1. The highest BCUT2D eigenvalue weighted by Gasteiger charge is 2.38.